The minimum absolute atomic E-state index is 0. The predicted molar refractivity (Wildman–Crippen MR) is 120 cm³/mol. The van der Waals surface area contributed by atoms with Gasteiger partial charge in [0.25, 0.3) is 11.8 Å². The summed E-state index contributed by atoms with van der Waals surface area (Å²) in [6.07, 6.45) is 7.52. The molecule has 3 aliphatic rings. The molecular weight excluding hydrogens is 433 g/mol. The number of anilines is 1. The minimum atomic E-state index is -0.556. The SMILES string of the molecule is Cc1ccc2ncc(C3=C(C4=NC=CN5CCc6cc(F)cc4c65)C(=O)NC3=O)n2c1.Cl. The summed E-state index contributed by atoms with van der Waals surface area (Å²) in [5.41, 5.74) is 4.87. The van der Waals surface area contributed by atoms with Gasteiger partial charge in [0.05, 0.1) is 34.4 Å². The summed E-state index contributed by atoms with van der Waals surface area (Å²) in [4.78, 5) is 36.7. The van der Waals surface area contributed by atoms with Crippen LogP contribution in [0, 0.1) is 12.7 Å². The Balaban J connectivity index is 0.00000216. The second-order valence-electron chi connectivity index (χ2n) is 7.79. The molecule has 6 rings (SSSR count). The average Bonchev–Trinajstić information content (AvgIpc) is 3.36. The maximum atomic E-state index is 14.5. The van der Waals surface area contributed by atoms with Gasteiger partial charge in [-0.25, -0.2) is 9.37 Å². The normalized spacial score (nSPS) is 16.8. The summed E-state index contributed by atoms with van der Waals surface area (Å²) in [7, 11) is 0. The molecule has 0 spiro atoms. The van der Waals surface area contributed by atoms with E-state index in [9.17, 15) is 14.0 Å². The number of benzene rings is 1. The van der Waals surface area contributed by atoms with E-state index < -0.39 is 17.6 Å². The number of carbonyl (C=O) groups excluding carboxylic acids is 2. The van der Waals surface area contributed by atoms with Crippen molar-refractivity contribution in [1.82, 2.24) is 14.7 Å². The third-order valence-electron chi connectivity index (χ3n) is 5.85. The van der Waals surface area contributed by atoms with Gasteiger partial charge in [0.15, 0.2) is 0 Å². The van der Waals surface area contributed by atoms with E-state index in [1.165, 1.54) is 12.1 Å². The molecule has 3 aromatic rings. The number of pyridine rings is 1. The van der Waals surface area contributed by atoms with Gasteiger partial charge in [-0.3, -0.25) is 24.3 Å². The van der Waals surface area contributed by atoms with Crippen LogP contribution in [0.2, 0.25) is 0 Å². The second kappa shape index (κ2) is 7.13. The third kappa shape index (κ3) is 2.80. The Morgan fingerprint density at radius 3 is 2.78 bits per heavy atom. The number of halogens is 2. The Morgan fingerprint density at radius 2 is 1.94 bits per heavy atom. The van der Waals surface area contributed by atoms with Crippen molar-refractivity contribution in [2.24, 2.45) is 4.99 Å². The molecule has 0 saturated carbocycles. The molecule has 2 amide bonds. The molecule has 9 heteroatoms. The van der Waals surface area contributed by atoms with Crippen LogP contribution in [0.25, 0.3) is 11.2 Å². The van der Waals surface area contributed by atoms with Crippen molar-refractivity contribution in [3.05, 3.63) is 82.8 Å². The first-order chi connectivity index (χ1) is 15.0. The number of nitrogens with zero attached hydrogens (tertiary/aromatic N) is 4. The largest absolute Gasteiger partial charge is 0.345 e. The van der Waals surface area contributed by atoms with Crippen molar-refractivity contribution in [1.29, 1.82) is 0 Å². The van der Waals surface area contributed by atoms with Crippen LogP contribution < -0.4 is 10.2 Å². The Kier molecular flexibility index (Phi) is 4.49. The predicted octanol–water partition coefficient (Wildman–Crippen LogP) is 2.95. The highest BCUT2D eigenvalue weighted by atomic mass is 35.5. The Bertz CT molecular complexity index is 1440. The Labute approximate surface area is 188 Å². The second-order valence-corrected chi connectivity index (χ2v) is 7.79. The quantitative estimate of drug-likeness (QED) is 0.610. The van der Waals surface area contributed by atoms with Gasteiger partial charge in [0.1, 0.15) is 11.5 Å². The maximum absolute atomic E-state index is 14.5. The molecule has 0 unspecified atom stereocenters. The zero-order valence-electron chi connectivity index (χ0n) is 16.9. The zero-order chi connectivity index (χ0) is 21.3. The lowest BCUT2D eigenvalue weighted by Gasteiger charge is -2.17. The monoisotopic (exact) mass is 449 g/mol. The van der Waals surface area contributed by atoms with Crippen LogP contribution in [0.4, 0.5) is 10.1 Å². The lowest BCUT2D eigenvalue weighted by atomic mass is 9.94. The number of aromatic nitrogens is 2. The fourth-order valence-corrected chi connectivity index (χ4v) is 4.52. The third-order valence-corrected chi connectivity index (χ3v) is 5.85. The number of imide groups is 1. The summed E-state index contributed by atoms with van der Waals surface area (Å²) in [6.45, 7) is 2.64. The lowest BCUT2D eigenvalue weighted by Crippen LogP contribution is -2.25. The summed E-state index contributed by atoms with van der Waals surface area (Å²) in [5, 5.41) is 2.38. The van der Waals surface area contributed by atoms with E-state index in [2.05, 4.69) is 15.3 Å². The molecular formula is C23H17ClFN5O2. The molecule has 1 aromatic carbocycles. The van der Waals surface area contributed by atoms with Gasteiger partial charge in [0, 0.05) is 30.7 Å². The number of imidazole rings is 1. The van der Waals surface area contributed by atoms with Crippen molar-refractivity contribution in [3.8, 4) is 0 Å². The first kappa shape index (κ1) is 20.1. The van der Waals surface area contributed by atoms with Crippen molar-refractivity contribution >= 4 is 46.8 Å². The van der Waals surface area contributed by atoms with Crippen molar-refractivity contribution < 1.29 is 14.0 Å². The summed E-state index contributed by atoms with van der Waals surface area (Å²) >= 11 is 0. The van der Waals surface area contributed by atoms with Crippen LogP contribution in [-0.4, -0.2) is 33.5 Å². The van der Waals surface area contributed by atoms with Gasteiger partial charge in [-0.1, -0.05) is 6.07 Å². The number of hydrogen-bond acceptors (Lipinski definition) is 5. The first-order valence-electron chi connectivity index (χ1n) is 9.89. The number of fused-ring (bicyclic) bond motifs is 1. The molecule has 32 heavy (non-hydrogen) atoms. The molecule has 0 atom stereocenters. The number of nitrogens with one attached hydrogen (secondary N) is 1. The summed E-state index contributed by atoms with van der Waals surface area (Å²) in [6, 6.07) is 6.66. The van der Waals surface area contributed by atoms with Gasteiger partial charge >= 0.3 is 0 Å². The number of amides is 2. The van der Waals surface area contributed by atoms with Crippen LogP contribution in [-0.2, 0) is 16.0 Å². The minimum Gasteiger partial charge on any atom is -0.345 e. The van der Waals surface area contributed by atoms with E-state index in [1.807, 2.05) is 36.4 Å². The van der Waals surface area contributed by atoms with Gasteiger partial charge < -0.3 is 4.90 Å². The van der Waals surface area contributed by atoms with Crippen LogP contribution in [0.15, 0.2) is 59.6 Å². The van der Waals surface area contributed by atoms with Gasteiger partial charge in [0.2, 0.25) is 0 Å². The van der Waals surface area contributed by atoms with Crippen LogP contribution in [0.1, 0.15) is 22.4 Å². The Morgan fingerprint density at radius 1 is 1.12 bits per heavy atom. The fraction of sp³-hybridized carbons (Fsp3) is 0.130. The molecule has 0 fully saturated rings. The van der Waals surface area contributed by atoms with Crippen molar-refractivity contribution in [2.75, 3.05) is 11.4 Å². The van der Waals surface area contributed by atoms with Crippen molar-refractivity contribution in [2.45, 2.75) is 13.3 Å². The molecule has 0 bridgehead atoms. The topological polar surface area (TPSA) is 79.1 Å². The molecule has 7 nitrogen and oxygen atoms in total. The van der Waals surface area contributed by atoms with E-state index in [4.69, 9.17) is 0 Å². The summed E-state index contributed by atoms with van der Waals surface area (Å²) < 4.78 is 16.2. The Hall–Kier alpha value is -3.78. The van der Waals surface area contributed by atoms with Crippen LogP contribution in [0.3, 0.4) is 0 Å². The van der Waals surface area contributed by atoms with Gasteiger partial charge in [-0.2, -0.15) is 0 Å². The van der Waals surface area contributed by atoms with Crippen LogP contribution >= 0.6 is 12.4 Å². The van der Waals surface area contributed by atoms with E-state index in [0.29, 0.717) is 29.9 Å². The van der Waals surface area contributed by atoms with E-state index in [-0.39, 0.29) is 29.3 Å². The molecule has 0 aliphatic carbocycles. The molecule has 3 aliphatic heterocycles. The zero-order valence-corrected chi connectivity index (χ0v) is 17.7. The molecule has 160 valence electrons. The highest BCUT2D eigenvalue weighted by molar-refractivity contribution is 6.47. The average molecular weight is 450 g/mol. The molecule has 2 aromatic heterocycles. The maximum Gasteiger partial charge on any atom is 0.261 e. The van der Waals surface area contributed by atoms with Crippen molar-refractivity contribution in [3.63, 3.8) is 0 Å². The molecule has 5 heterocycles. The van der Waals surface area contributed by atoms with E-state index in [0.717, 1.165) is 16.8 Å². The summed E-state index contributed by atoms with van der Waals surface area (Å²) in [5.74, 6) is -1.48. The number of hydrogen-bond donors (Lipinski definition) is 1. The van der Waals surface area contributed by atoms with Crippen LogP contribution in [0.5, 0.6) is 0 Å². The van der Waals surface area contributed by atoms with Gasteiger partial charge in [-0.05, 0) is 42.7 Å². The fourth-order valence-electron chi connectivity index (χ4n) is 4.52. The molecule has 0 saturated heterocycles. The lowest BCUT2D eigenvalue weighted by molar-refractivity contribution is -0.123. The van der Waals surface area contributed by atoms with E-state index >= 15 is 0 Å². The highest BCUT2D eigenvalue weighted by Gasteiger charge is 2.38. The number of carbonyl (C=O) groups is 2. The smallest absolute Gasteiger partial charge is 0.261 e. The molecule has 1 N–H and O–H groups in total. The first-order valence-corrected chi connectivity index (χ1v) is 9.89. The standard InChI is InChI=1S/C23H16FN5O2.ClH/c1-12-2-3-17-26-10-16(29(17)11-12)18-19(23(31)27-22(18)30)20-15-9-14(24)8-13-4-6-28(21(13)15)7-5-25-20;/h2-3,5,7-11H,4,6H2,1H3,(H,27,30,31);1H. The number of aryl methyl sites for hydroxylation is 1. The van der Waals surface area contributed by atoms with Gasteiger partial charge in [-0.15, -0.1) is 12.4 Å². The highest BCUT2D eigenvalue weighted by Crippen LogP contribution is 2.38. The molecule has 0 radical (unpaired) electrons. The van der Waals surface area contributed by atoms with E-state index in [1.54, 1.807) is 16.8 Å². The number of rotatable bonds is 2. The number of aliphatic imine (C=N–C) groups is 1.